The van der Waals surface area contributed by atoms with E-state index in [0.717, 1.165) is 10.0 Å². The summed E-state index contributed by atoms with van der Waals surface area (Å²) in [6.07, 6.45) is 0.0618. The Morgan fingerprint density at radius 3 is 2.57 bits per heavy atom. The van der Waals surface area contributed by atoms with Crippen LogP contribution in [0.15, 0.2) is 39.2 Å². The summed E-state index contributed by atoms with van der Waals surface area (Å²) < 4.78 is 12.3. The van der Waals surface area contributed by atoms with Gasteiger partial charge in [-0.25, -0.2) is 0 Å². The number of benzene rings is 1. The maximum absolute atomic E-state index is 12.6. The van der Waals surface area contributed by atoms with Crippen LogP contribution in [0.4, 0.5) is 5.69 Å². The van der Waals surface area contributed by atoms with Crippen LogP contribution in [0.3, 0.4) is 0 Å². The van der Waals surface area contributed by atoms with Crippen molar-refractivity contribution < 1.29 is 13.9 Å². The van der Waals surface area contributed by atoms with Gasteiger partial charge >= 0.3 is 0 Å². The predicted octanol–water partition coefficient (Wildman–Crippen LogP) is 3.54. The van der Waals surface area contributed by atoms with Gasteiger partial charge in [-0.15, -0.1) is 0 Å². The molecule has 6 heteroatoms. The number of hydrogen-bond donors (Lipinski definition) is 1. The average molecular weight is 379 g/mol. The van der Waals surface area contributed by atoms with E-state index >= 15 is 0 Å². The Morgan fingerprint density at radius 1 is 1.22 bits per heavy atom. The number of halogens is 1. The van der Waals surface area contributed by atoms with Gasteiger partial charge < -0.3 is 19.8 Å². The fourth-order valence-electron chi connectivity index (χ4n) is 2.83. The maximum atomic E-state index is 12.6. The quantitative estimate of drug-likeness (QED) is 0.811. The smallest absolute Gasteiger partial charge is 0.289 e. The van der Waals surface area contributed by atoms with Crippen LogP contribution in [0, 0.1) is 0 Å². The van der Waals surface area contributed by atoms with Gasteiger partial charge in [0.2, 0.25) is 0 Å². The highest BCUT2D eigenvalue weighted by atomic mass is 79.9. The van der Waals surface area contributed by atoms with Crippen molar-refractivity contribution in [2.24, 2.45) is 0 Å². The van der Waals surface area contributed by atoms with E-state index in [1.54, 1.807) is 23.1 Å². The first-order valence-electron chi connectivity index (χ1n) is 7.54. The molecule has 1 fully saturated rings. The molecule has 0 radical (unpaired) electrons. The Morgan fingerprint density at radius 2 is 1.91 bits per heavy atom. The number of carbonyl (C=O) groups is 1. The number of hydrogen-bond acceptors (Lipinski definition) is 4. The lowest BCUT2D eigenvalue weighted by atomic mass is 10.1. The van der Waals surface area contributed by atoms with Crippen LogP contribution in [0.5, 0.6) is 0 Å². The Bertz CT molecular complexity index is 718. The molecule has 0 spiro atoms. The van der Waals surface area contributed by atoms with Gasteiger partial charge in [-0.3, -0.25) is 4.79 Å². The van der Waals surface area contributed by atoms with Crippen molar-refractivity contribution in [3.63, 3.8) is 0 Å². The van der Waals surface area contributed by atoms with Crippen LogP contribution >= 0.6 is 15.9 Å². The molecule has 1 aliphatic heterocycles. The van der Waals surface area contributed by atoms with E-state index in [1.165, 1.54) is 0 Å². The van der Waals surface area contributed by atoms with E-state index in [-0.39, 0.29) is 18.1 Å². The summed E-state index contributed by atoms with van der Waals surface area (Å²) in [5, 5.41) is 0. The van der Waals surface area contributed by atoms with Gasteiger partial charge in [-0.1, -0.05) is 0 Å². The van der Waals surface area contributed by atoms with Gasteiger partial charge in [0, 0.05) is 28.8 Å². The summed E-state index contributed by atoms with van der Waals surface area (Å²) in [5.74, 6) is 0.865. The Balaban J connectivity index is 1.82. The van der Waals surface area contributed by atoms with Crippen molar-refractivity contribution in [1.29, 1.82) is 0 Å². The van der Waals surface area contributed by atoms with Gasteiger partial charge in [0.25, 0.3) is 5.91 Å². The Hall–Kier alpha value is -1.79. The normalized spacial score (nSPS) is 21.4. The number of anilines is 1. The first-order chi connectivity index (χ1) is 10.9. The molecule has 122 valence electrons. The second-order valence-corrected chi connectivity index (χ2v) is 6.72. The molecule has 2 N–H and O–H groups in total. The highest BCUT2D eigenvalue weighted by molar-refractivity contribution is 9.10. The zero-order valence-corrected chi connectivity index (χ0v) is 14.7. The van der Waals surface area contributed by atoms with Crippen LogP contribution in [0.2, 0.25) is 0 Å². The molecule has 3 rings (SSSR count). The number of ether oxygens (including phenoxy) is 1. The third-order valence-electron chi connectivity index (χ3n) is 3.78. The molecule has 2 heterocycles. The summed E-state index contributed by atoms with van der Waals surface area (Å²) in [4.78, 5) is 14.4. The minimum Gasteiger partial charge on any atom is -0.451 e. The zero-order chi connectivity index (χ0) is 16.6. The van der Waals surface area contributed by atoms with E-state index in [2.05, 4.69) is 15.9 Å². The summed E-state index contributed by atoms with van der Waals surface area (Å²) in [6, 6.07) is 8.99. The number of furan rings is 1. The summed E-state index contributed by atoms with van der Waals surface area (Å²) in [5.41, 5.74) is 7.28. The van der Waals surface area contributed by atoms with E-state index in [1.807, 2.05) is 26.0 Å². The minimum atomic E-state index is -0.107. The second kappa shape index (κ2) is 6.37. The molecule has 0 saturated carbocycles. The first-order valence-corrected chi connectivity index (χ1v) is 8.33. The van der Waals surface area contributed by atoms with Crippen LogP contribution in [0.25, 0.3) is 11.3 Å². The minimum absolute atomic E-state index is 0.0309. The molecule has 1 aliphatic rings. The SMILES string of the molecule is C[C@@H]1CN(C(=O)c2ccc(-c3ccc(N)cc3Br)o2)C[C@H](C)O1. The van der Waals surface area contributed by atoms with E-state index in [0.29, 0.717) is 30.3 Å². The van der Waals surface area contributed by atoms with Gasteiger partial charge in [0.05, 0.1) is 12.2 Å². The van der Waals surface area contributed by atoms with Crippen molar-refractivity contribution in [1.82, 2.24) is 4.90 Å². The molecule has 23 heavy (non-hydrogen) atoms. The van der Waals surface area contributed by atoms with Crippen molar-refractivity contribution >= 4 is 27.5 Å². The second-order valence-electron chi connectivity index (χ2n) is 5.87. The van der Waals surface area contributed by atoms with Crippen molar-refractivity contribution in [2.75, 3.05) is 18.8 Å². The van der Waals surface area contributed by atoms with E-state index < -0.39 is 0 Å². The fraction of sp³-hybridized carbons (Fsp3) is 0.353. The molecule has 5 nitrogen and oxygen atoms in total. The molecular formula is C17H19BrN2O3. The van der Waals surface area contributed by atoms with Crippen LogP contribution < -0.4 is 5.73 Å². The largest absolute Gasteiger partial charge is 0.451 e. The first kappa shape index (κ1) is 16.1. The third-order valence-corrected chi connectivity index (χ3v) is 4.44. The number of nitrogens with zero attached hydrogens (tertiary/aromatic N) is 1. The topological polar surface area (TPSA) is 68.7 Å². The lowest BCUT2D eigenvalue weighted by molar-refractivity contribution is -0.0592. The van der Waals surface area contributed by atoms with Crippen molar-refractivity contribution in [3.8, 4) is 11.3 Å². The summed E-state index contributed by atoms with van der Waals surface area (Å²) in [7, 11) is 0. The van der Waals surface area contributed by atoms with Gasteiger partial charge in [0.1, 0.15) is 5.76 Å². The number of morpholine rings is 1. The Labute approximate surface area is 143 Å². The number of carbonyl (C=O) groups excluding carboxylic acids is 1. The Kier molecular flexibility index (Phi) is 4.46. The summed E-state index contributed by atoms with van der Waals surface area (Å²) in [6.45, 7) is 5.08. The number of rotatable bonds is 2. The van der Waals surface area contributed by atoms with Gasteiger partial charge in [-0.05, 0) is 60.1 Å². The molecule has 1 saturated heterocycles. The third kappa shape index (κ3) is 3.43. The van der Waals surface area contributed by atoms with E-state index in [4.69, 9.17) is 14.9 Å². The molecule has 0 bridgehead atoms. The maximum Gasteiger partial charge on any atom is 0.289 e. The molecule has 1 aromatic carbocycles. The molecule has 2 aromatic rings. The predicted molar refractivity (Wildman–Crippen MR) is 92.2 cm³/mol. The molecule has 1 aromatic heterocycles. The van der Waals surface area contributed by atoms with Gasteiger partial charge in [-0.2, -0.15) is 0 Å². The lowest BCUT2D eigenvalue weighted by Crippen LogP contribution is -2.48. The monoisotopic (exact) mass is 378 g/mol. The van der Waals surface area contributed by atoms with Crippen molar-refractivity contribution in [2.45, 2.75) is 26.1 Å². The average Bonchev–Trinajstić information content (AvgIpc) is 2.95. The van der Waals surface area contributed by atoms with Crippen LogP contribution in [-0.4, -0.2) is 36.1 Å². The van der Waals surface area contributed by atoms with Gasteiger partial charge in [0.15, 0.2) is 5.76 Å². The molecular weight excluding hydrogens is 360 g/mol. The van der Waals surface area contributed by atoms with E-state index in [9.17, 15) is 4.79 Å². The standard InChI is InChI=1S/C17H19BrN2O3/c1-10-8-20(9-11(2)22-10)17(21)16-6-5-15(23-16)13-4-3-12(19)7-14(13)18/h3-7,10-11H,8-9,19H2,1-2H3/t10-,11+. The summed E-state index contributed by atoms with van der Waals surface area (Å²) >= 11 is 3.47. The van der Waals surface area contributed by atoms with Crippen molar-refractivity contribution in [3.05, 3.63) is 40.6 Å². The number of amides is 1. The lowest BCUT2D eigenvalue weighted by Gasteiger charge is -2.34. The van der Waals surface area contributed by atoms with Crippen LogP contribution in [0.1, 0.15) is 24.4 Å². The number of nitrogens with two attached hydrogens (primary N) is 1. The molecule has 0 unspecified atom stereocenters. The highest BCUT2D eigenvalue weighted by Gasteiger charge is 2.28. The molecule has 2 atom stereocenters. The molecule has 0 aliphatic carbocycles. The highest BCUT2D eigenvalue weighted by Crippen LogP contribution is 2.31. The fourth-order valence-corrected chi connectivity index (χ4v) is 3.42. The van der Waals surface area contributed by atoms with Crippen LogP contribution in [-0.2, 0) is 4.74 Å². The zero-order valence-electron chi connectivity index (χ0n) is 13.1. The number of nitrogen functional groups attached to an aromatic ring is 1. The molecule has 1 amide bonds.